The Bertz CT molecular complexity index is 505. The molecule has 0 fully saturated rings. The summed E-state index contributed by atoms with van der Waals surface area (Å²) in [4.78, 5) is 22.6. The molecular weight excluding hydrogens is 253 g/mol. The highest BCUT2D eigenvalue weighted by atomic mass is 19.1. The van der Waals surface area contributed by atoms with Crippen molar-refractivity contribution in [3.05, 3.63) is 41.4 Å². The summed E-state index contributed by atoms with van der Waals surface area (Å²) in [6.45, 7) is 1.70. The molecule has 1 aromatic carbocycles. The van der Waals surface area contributed by atoms with Crippen LogP contribution >= 0.6 is 0 Å². The summed E-state index contributed by atoms with van der Waals surface area (Å²) in [7, 11) is 2.35. The van der Waals surface area contributed by atoms with E-state index < -0.39 is 17.8 Å². The van der Waals surface area contributed by atoms with E-state index in [0.29, 0.717) is 11.3 Å². The number of ether oxygens (including phenoxy) is 2. The molecule has 5 nitrogen and oxygen atoms in total. The molecule has 102 valence electrons. The average molecular weight is 267 g/mol. The molecule has 6 heteroatoms. The van der Waals surface area contributed by atoms with Gasteiger partial charge >= 0.3 is 11.9 Å². The van der Waals surface area contributed by atoms with Gasteiger partial charge in [-0.3, -0.25) is 0 Å². The molecule has 0 saturated heterocycles. The third-order valence-electron chi connectivity index (χ3n) is 2.19. The van der Waals surface area contributed by atoms with Crippen LogP contribution < -0.4 is 5.32 Å². The summed E-state index contributed by atoms with van der Waals surface area (Å²) in [6.07, 6.45) is 0.937. The predicted octanol–water partition coefficient (Wildman–Crippen LogP) is 1.78. The van der Waals surface area contributed by atoms with Gasteiger partial charge in [-0.1, -0.05) is 0 Å². The first-order chi connectivity index (χ1) is 8.96. The molecule has 0 atom stereocenters. The van der Waals surface area contributed by atoms with Crippen LogP contribution in [0, 0.1) is 12.7 Å². The van der Waals surface area contributed by atoms with E-state index in [1.54, 1.807) is 13.0 Å². The van der Waals surface area contributed by atoms with Crippen molar-refractivity contribution in [3.63, 3.8) is 0 Å². The summed E-state index contributed by atoms with van der Waals surface area (Å²) >= 11 is 0. The van der Waals surface area contributed by atoms with Gasteiger partial charge in [0, 0.05) is 5.69 Å². The molecule has 0 spiro atoms. The van der Waals surface area contributed by atoms with Crippen molar-refractivity contribution >= 4 is 17.6 Å². The lowest BCUT2D eigenvalue weighted by molar-refractivity contribution is -0.138. The van der Waals surface area contributed by atoms with E-state index in [2.05, 4.69) is 14.8 Å². The fraction of sp³-hybridized carbons (Fsp3) is 0.231. The molecule has 0 aliphatic carbocycles. The van der Waals surface area contributed by atoms with E-state index >= 15 is 0 Å². The van der Waals surface area contributed by atoms with Crippen molar-refractivity contribution < 1.29 is 23.5 Å². The Kier molecular flexibility index (Phi) is 5.05. The number of hydrogen-bond donors (Lipinski definition) is 1. The predicted molar refractivity (Wildman–Crippen MR) is 66.9 cm³/mol. The Morgan fingerprint density at radius 1 is 1.21 bits per heavy atom. The number of carbonyl (C=O) groups excluding carboxylic acids is 2. The summed E-state index contributed by atoms with van der Waals surface area (Å²) in [6, 6.07) is 4.16. The number of hydrogen-bond acceptors (Lipinski definition) is 5. The largest absolute Gasteiger partial charge is 0.466 e. The lowest BCUT2D eigenvalue weighted by atomic mass is 10.2. The first kappa shape index (κ1) is 14.7. The van der Waals surface area contributed by atoms with E-state index in [0.717, 1.165) is 6.08 Å². The van der Waals surface area contributed by atoms with Crippen molar-refractivity contribution in [2.45, 2.75) is 6.92 Å². The Balaban J connectivity index is 3.04. The smallest absolute Gasteiger partial charge is 0.354 e. The molecule has 0 saturated carbocycles. The molecule has 0 aromatic heterocycles. The minimum absolute atomic E-state index is 0.139. The molecule has 0 amide bonds. The van der Waals surface area contributed by atoms with Crippen LogP contribution in [0.25, 0.3) is 0 Å². The van der Waals surface area contributed by atoms with Crippen LogP contribution in [-0.4, -0.2) is 26.2 Å². The number of aryl methyl sites for hydroxylation is 1. The minimum Gasteiger partial charge on any atom is -0.466 e. The maximum Gasteiger partial charge on any atom is 0.354 e. The van der Waals surface area contributed by atoms with Gasteiger partial charge in [-0.2, -0.15) is 0 Å². The van der Waals surface area contributed by atoms with Crippen molar-refractivity contribution in [1.82, 2.24) is 0 Å². The highest BCUT2D eigenvalue weighted by molar-refractivity contribution is 5.98. The maximum absolute atomic E-state index is 13.2. The number of nitrogens with one attached hydrogen (secondary N) is 1. The zero-order valence-corrected chi connectivity index (χ0v) is 10.8. The van der Waals surface area contributed by atoms with Crippen LogP contribution in [0.3, 0.4) is 0 Å². The molecule has 0 aliphatic rings. The fourth-order valence-electron chi connectivity index (χ4n) is 1.40. The number of rotatable bonds is 4. The van der Waals surface area contributed by atoms with Crippen molar-refractivity contribution in [3.8, 4) is 0 Å². The van der Waals surface area contributed by atoms with E-state index in [9.17, 15) is 14.0 Å². The zero-order chi connectivity index (χ0) is 14.4. The Hall–Kier alpha value is -2.37. The average Bonchev–Trinajstić information content (AvgIpc) is 2.35. The van der Waals surface area contributed by atoms with Crippen LogP contribution in [0.5, 0.6) is 0 Å². The molecule has 0 heterocycles. The fourth-order valence-corrected chi connectivity index (χ4v) is 1.40. The van der Waals surface area contributed by atoms with Crippen LogP contribution in [-0.2, 0) is 19.1 Å². The third-order valence-corrected chi connectivity index (χ3v) is 2.19. The molecule has 0 bridgehead atoms. The summed E-state index contributed by atoms with van der Waals surface area (Å²) in [5.74, 6) is -1.93. The van der Waals surface area contributed by atoms with Gasteiger partial charge < -0.3 is 14.8 Å². The van der Waals surface area contributed by atoms with E-state index in [1.807, 2.05) is 0 Å². The van der Waals surface area contributed by atoms with E-state index in [4.69, 9.17) is 0 Å². The Labute approximate surface area is 110 Å². The highest BCUT2D eigenvalue weighted by Crippen LogP contribution is 2.15. The Morgan fingerprint density at radius 2 is 1.89 bits per heavy atom. The third kappa shape index (κ3) is 4.42. The number of methoxy groups -OCH3 is 2. The van der Waals surface area contributed by atoms with E-state index in [1.165, 1.54) is 26.4 Å². The number of esters is 2. The van der Waals surface area contributed by atoms with Gasteiger partial charge in [0.15, 0.2) is 0 Å². The van der Waals surface area contributed by atoms with Crippen LogP contribution in [0.15, 0.2) is 30.0 Å². The molecule has 1 aromatic rings. The monoisotopic (exact) mass is 267 g/mol. The number of halogens is 1. The first-order valence-electron chi connectivity index (χ1n) is 5.38. The van der Waals surface area contributed by atoms with Crippen LogP contribution in [0.1, 0.15) is 5.56 Å². The van der Waals surface area contributed by atoms with Gasteiger partial charge in [0.1, 0.15) is 11.5 Å². The summed E-state index contributed by atoms with van der Waals surface area (Å²) < 4.78 is 22.2. The second-order valence-electron chi connectivity index (χ2n) is 3.72. The summed E-state index contributed by atoms with van der Waals surface area (Å²) in [5, 5.41) is 2.62. The molecule has 0 unspecified atom stereocenters. The SMILES string of the molecule is COC(=O)/C=C(/Nc1cc(C)cc(F)c1)C(=O)OC. The number of carbonyl (C=O) groups is 2. The minimum atomic E-state index is -0.757. The molecule has 0 radical (unpaired) electrons. The van der Waals surface area contributed by atoms with Gasteiger partial charge in [-0.15, -0.1) is 0 Å². The molecular formula is C13H14FNO4. The van der Waals surface area contributed by atoms with Gasteiger partial charge in [-0.05, 0) is 30.7 Å². The van der Waals surface area contributed by atoms with Crippen molar-refractivity contribution in [2.75, 3.05) is 19.5 Å². The van der Waals surface area contributed by atoms with Crippen LogP contribution in [0.2, 0.25) is 0 Å². The standard InChI is InChI=1S/C13H14FNO4/c1-8-4-9(14)6-10(5-8)15-11(13(17)19-3)7-12(16)18-2/h4-7,15H,1-3H3/b11-7+. The number of benzene rings is 1. The second kappa shape index (κ2) is 6.53. The lowest BCUT2D eigenvalue weighted by Crippen LogP contribution is -2.15. The molecule has 1 rings (SSSR count). The second-order valence-corrected chi connectivity index (χ2v) is 3.72. The molecule has 19 heavy (non-hydrogen) atoms. The lowest BCUT2D eigenvalue weighted by Gasteiger charge is -2.09. The van der Waals surface area contributed by atoms with Gasteiger partial charge in [0.05, 0.1) is 20.3 Å². The molecule has 1 N–H and O–H groups in total. The topological polar surface area (TPSA) is 64.6 Å². The van der Waals surface area contributed by atoms with E-state index in [-0.39, 0.29) is 5.70 Å². The van der Waals surface area contributed by atoms with Gasteiger partial charge in [0.2, 0.25) is 0 Å². The summed E-state index contributed by atoms with van der Waals surface area (Å²) in [5.41, 5.74) is 0.863. The van der Waals surface area contributed by atoms with Gasteiger partial charge in [0.25, 0.3) is 0 Å². The van der Waals surface area contributed by atoms with Gasteiger partial charge in [-0.25, -0.2) is 14.0 Å². The van der Waals surface area contributed by atoms with Crippen molar-refractivity contribution in [2.24, 2.45) is 0 Å². The normalized spacial score (nSPS) is 10.8. The number of anilines is 1. The highest BCUT2D eigenvalue weighted by Gasteiger charge is 2.13. The first-order valence-corrected chi connectivity index (χ1v) is 5.38. The molecule has 0 aliphatic heterocycles. The maximum atomic E-state index is 13.2. The van der Waals surface area contributed by atoms with Crippen LogP contribution in [0.4, 0.5) is 10.1 Å². The van der Waals surface area contributed by atoms with Crippen molar-refractivity contribution in [1.29, 1.82) is 0 Å². The Morgan fingerprint density at radius 3 is 2.42 bits per heavy atom. The quantitative estimate of drug-likeness (QED) is 0.665. The zero-order valence-electron chi connectivity index (χ0n) is 10.8.